The zero-order chi connectivity index (χ0) is 32.1. The number of hydrogen-bond donors (Lipinski definition) is 3. The van der Waals surface area contributed by atoms with Crippen LogP contribution in [-0.2, 0) is 18.3 Å². The third-order valence-corrected chi connectivity index (χ3v) is 8.42. The van der Waals surface area contributed by atoms with Crippen LogP contribution in [0.4, 0.5) is 5.69 Å². The predicted molar refractivity (Wildman–Crippen MR) is 176 cm³/mol. The summed E-state index contributed by atoms with van der Waals surface area (Å²) in [5, 5.41) is 16.3. The summed E-state index contributed by atoms with van der Waals surface area (Å²) in [4.78, 5) is 37.3. The second-order valence-electron chi connectivity index (χ2n) is 11.7. The highest BCUT2D eigenvalue weighted by atomic mass is 16.5. The number of para-hydroxylation sites is 2. The van der Waals surface area contributed by atoms with E-state index >= 15 is 0 Å². The average molecular weight is 618 g/mol. The fraction of sp³-hybridized carbons (Fsp3) is 0.216. The first-order valence-corrected chi connectivity index (χ1v) is 15.3. The van der Waals surface area contributed by atoms with Crippen LogP contribution >= 0.6 is 0 Å². The number of amides is 2. The van der Waals surface area contributed by atoms with E-state index in [2.05, 4.69) is 10.6 Å². The van der Waals surface area contributed by atoms with Crippen LogP contribution in [0.5, 0.6) is 17.2 Å². The summed E-state index contributed by atoms with van der Waals surface area (Å²) in [6, 6.07) is 30.7. The summed E-state index contributed by atoms with van der Waals surface area (Å²) >= 11 is 0. The number of hydrogen-bond acceptors (Lipinski definition) is 5. The lowest BCUT2D eigenvalue weighted by Crippen LogP contribution is -2.51. The summed E-state index contributed by atoms with van der Waals surface area (Å²) in [5.74, 6) is 0.408. The van der Waals surface area contributed by atoms with Crippen LogP contribution in [0.1, 0.15) is 52.1 Å². The van der Waals surface area contributed by atoms with E-state index in [1.54, 1.807) is 42.5 Å². The van der Waals surface area contributed by atoms with Gasteiger partial charge in [-0.3, -0.25) is 9.59 Å². The van der Waals surface area contributed by atoms with Crippen LogP contribution < -0.4 is 20.1 Å². The minimum atomic E-state index is -1.10. The standard InChI is InChI=1S/C37H35N3O6/c1-40-32-11-5-2-8-26(32)23-33(40)35(42)39-37(20-6-7-21-37)24-45-27-16-18-29(19-17-27)46-28-14-12-25(13-15-28)22-34(41)38-31-10-4-3-9-30(31)36(43)44/h2-5,8-19,23H,6-7,20-22,24H2,1H3,(H,38,41)(H,39,42)(H,43,44). The number of carbonyl (C=O) groups is 3. The van der Waals surface area contributed by atoms with Crippen LogP contribution in [0.2, 0.25) is 0 Å². The molecule has 0 bridgehead atoms. The van der Waals surface area contributed by atoms with E-state index < -0.39 is 11.5 Å². The first-order chi connectivity index (χ1) is 22.3. The summed E-state index contributed by atoms with van der Waals surface area (Å²) in [6.07, 6.45) is 3.87. The first-order valence-electron chi connectivity index (χ1n) is 15.3. The van der Waals surface area contributed by atoms with Gasteiger partial charge in [-0.1, -0.05) is 55.3 Å². The van der Waals surface area contributed by atoms with Crippen molar-refractivity contribution in [3.8, 4) is 17.2 Å². The largest absolute Gasteiger partial charge is 0.491 e. The van der Waals surface area contributed by atoms with Gasteiger partial charge < -0.3 is 29.8 Å². The van der Waals surface area contributed by atoms with Gasteiger partial charge in [0.05, 0.1) is 23.2 Å². The van der Waals surface area contributed by atoms with E-state index in [4.69, 9.17) is 9.47 Å². The molecule has 0 unspecified atom stereocenters. The summed E-state index contributed by atoms with van der Waals surface area (Å²) in [6.45, 7) is 0.375. The highest BCUT2D eigenvalue weighted by Gasteiger charge is 2.37. The Bertz CT molecular complexity index is 1870. The molecule has 1 fully saturated rings. The van der Waals surface area contributed by atoms with Gasteiger partial charge in [0.15, 0.2) is 0 Å². The van der Waals surface area contributed by atoms with E-state index in [1.807, 2.05) is 66.2 Å². The second kappa shape index (κ2) is 13.2. The molecule has 1 aliphatic carbocycles. The van der Waals surface area contributed by atoms with Gasteiger partial charge >= 0.3 is 5.97 Å². The number of aryl methyl sites for hydroxylation is 1. The van der Waals surface area contributed by atoms with Gasteiger partial charge in [0.25, 0.3) is 5.91 Å². The molecule has 9 heteroatoms. The van der Waals surface area contributed by atoms with Crippen LogP contribution in [0.3, 0.4) is 0 Å². The van der Waals surface area contributed by atoms with E-state index in [-0.39, 0.29) is 29.5 Å². The van der Waals surface area contributed by atoms with Gasteiger partial charge in [-0.25, -0.2) is 4.79 Å². The third kappa shape index (κ3) is 6.89. The molecule has 9 nitrogen and oxygen atoms in total. The van der Waals surface area contributed by atoms with E-state index in [1.165, 1.54) is 6.07 Å². The zero-order valence-corrected chi connectivity index (χ0v) is 25.5. The maximum absolute atomic E-state index is 13.4. The van der Waals surface area contributed by atoms with Crippen molar-refractivity contribution in [1.29, 1.82) is 0 Å². The van der Waals surface area contributed by atoms with Crippen molar-refractivity contribution in [2.75, 3.05) is 11.9 Å². The topological polar surface area (TPSA) is 119 Å². The van der Waals surface area contributed by atoms with Crippen LogP contribution in [0.25, 0.3) is 10.9 Å². The van der Waals surface area contributed by atoms with E-state index in [0.29, 0.717) is 29.5 Å². The van der Waals surface area contributed by atoms with Gasteiger partial charge in [-0.15, -0.1) is 0 Å². The molecule has 1 aromatic heterocycles. The van der Waals surface area contributed by atoms with Crippen molar-refractivity contribution >= 4 is 34.4 Å². The Kier molecular flexibility index (Phi) is 8.74. The molecule has 1 heterocycles. The Morgan fingerprint density at radius 2 is 1.46 bits per heavy atom. The van der Waals surface area contributed by atoms with Crippen LogP contribution in [-0.4, -0.2) is 39.6 Å². The van der Waals surface area contributed by atoms with Crippen molar-refractivity contribution in [3.63, 3.8) is 0 Å². The molecule has 1 saturated carbocycles. The number of aromatic nitrogens is 1. The molecule has 2 amide bonds. The number of benzene rings is 4. The quantitative estimate of drug-likeness (QED) is 0.147. The predicted octanol–water partition coefficient (Wildman–Crippen LogP) is 6.97. The number of ether oxygens (including phenoxy) is 2. The minimum absolute atomic E-state index is 0.0395. The van der Waals surface area contributed by atoms with Gasteiger partial charge in [-0.2, -0.15) is 0 Å². The maximum Gasteiger partial charge on any atom is 0.337 e. The molecule has 46 heavy (non-hydrogen) atoms. The van der Waals surface area contributed by atoms with Gasteiger partial charge in [0.1, 0.15) is 29.5 Å². The van der Waals surface area contributed by atoms with Gasteiger partial charge in [-0.05, 0) is 79.1 Å². The van der Waals surface area contributed by atoms with Crippen molar-refractivity contribution < 1.29 is 29.0 Å². The molecule has 0 spiro atoms. The maximum atomic E-state index is 13.4. The highest BCUT2D eigenvalue weighted by molar-refractivity contribution is 6.01. The molecule has 0 radical (unpaired) electrons. The molecule has 0 saturated heterocycles. The van der Waals surface area contributed by atoms with E-state index in [9.17, 15) is 19.5 Å². The summed E-state index contributed by atoms with van der Waals surface area (Å²) < 4.78 is 14.1. The second-order valence-corrected chi connectivity index (χ2v) is 11.7. The lowest BCUT2D eigenvalue weighted by molar-refractivity contribution is -0.115. The summed E-state index contributed by atoms with van der Waals surface area (Å²) in [7, 11) is 1.91. The third-order valence-electron chi connectivity index (χ3n) is 8.42. The Balaban J connectivity index is 1.02. The Morgan fingerprint density at radius 3 is 2.15 bits per heavy atom. The molecule has 3 N–H and O–H groups in total. The molecule has 4 aromatic carbocycles. The molecule has 5 aromatic rings. The highest BCUT2D eigenvalue weighted by Crippen LogP contribution is 2.32. The fourth-order valence-corrected chi connectivity index (χ4v) is 5.96. The monoisotopic (exact) mass is 617 g/mol. The number of nitrogens with one attached hydrogen (secondary N) is 2. The number of aromatic carboxylic acids is 1. The normalized spacial score (nSPS) is 13.7. The lowest BCUT2D eigenvalue weighted by Gasteiger charge is -2.30. The van der Waals surface area contributed by atoms with Crippen molar-refractivity contribution in [3.05, 3.63) is 120 Å². The van der Waals surface area contributed by atoms with Crippen LogP contribution in [0.15, 0.2) is 103 Å². The number of carbonyl (C=O) groups excluding carboxylic acids is 2. The average Bonchev–Trinajstić information content (AvgIpc) is 3.66. The van der Waals surface area contributed by atoms with Crippen molar-refractivity contribution in [1.82, 2.24) is 9.88 Å². The number of rotatable bonds is 11. The molecule has 0 aliphatic heterocycles. The Labute approximate surface area is 266 Å². The Hall–Kier alpha value is -5.57. The number of carboxylic acids is 1. The number of anilines is 1. The number of carboxylic acid groups (broad SMARTS) is 1. The molecule has 234 valence electrons. The summed E-state index contributed by atoms with van der Waals surface area (Å²) in [5.41, 5.74) is 2.28. The fourth-order valence-electron chi connectivity index (χ4n) is 5.96. The first kappa shape index (κ1) is 30.5. The van der Waals surface area contributed by atoms with Crippen molar-refractivity contribution in [2.45, 2.75) is 37.6 Å². The zero-order valence-electron chi connectivity index (χ0n) is 25.5. The Morgan fingerprint density at radius 1 is 0.826 bits per heavy atom. The number of fused-ring (bicyclic) bond motifs is 1. The van der Waals surface area contributed by atoms with Crippen molar-refractivity contribution in [2.24, 2.45) is 7.05 Å². The molecular formula is C37H35N3O6. The molecule has 6 rings (SSSR count). The number of nitrogens with zero attached hydrogens (tertiary/aromatic N) is 1. The molecule has 1 aliphatic rings. The lowest BCUT2D eigenvalue weighted by atomic mass is 9.98. The smallest absolute Gasteiger partial charge is 0.337 e. The van der Waals surface area contributed by atoms with E-state index in [0.717, 1.165) is 42.1 Å². The van der Waals surface area contributed by atoms with Gasteiger partial charge in [0, 0.05) is 18.0 Å². The van der Waals surface area contributed by atoms with Gasteiger partial charge in [0.2, 0.25) is 5.91 Å². The minimum Gasteiger partial charge on any atom is -0.491 e. The van der Waals surface area contributed by atoms with Crippen LogP contribution in [0, 0.1) is 0 Å². The molecule has 0 atom stereocenters. The SMILES string of the molecule is Cn1c(C(=O)NC2(COc3ccc(Oc4ccc(CC(=O)Nc5ccccc5C(=O)O)cc4)cc3)CCCC2)cc2ccccc21. The molecular weight excluding hydrogens is 582 g/mol.